The molecular formula is C14H21N3O. The SMILES string of the molecule is CCc1cccc2c1N(CCN)CCC(=O)N2C. The van der Waals surface area contributed by atoms with Crippen molar-refractivity contribution in [3.63, 3.8) is 0 Å². The van der Waals surface area contributed by atoms with Crippen molar-refractivity contribution in [2.75, 3.05) is 36.5 Å². The van der Waals surface area contributed by atoms with Crippen molar-refractivity contribution in [1.82, 2.24) is 0 Å². The lowest BCUT2D eigenvalue weighted by molar-refractivity contribution is -0.118. The van der Waals surface area contributed by atoms with Crippen LogP contribution >= 0.6 is 0 Å². The van der Waals surface area contributed by atoms with Crippen LogP contribution in [0.1, 0.15) is 18.9 Å². The maximum Gasteiger partial charge on any atom is 0.228 e. The number of nitrogens with zero attached hydrogens (tertiary/aromatic N) is 2. The average Bonchev–Trinajstić information content (AvgIpc) is 2.51. The van der Waals surface area contributed by atoms with E-state index in [1.165, 1.54) is 11.3 Å². The molecule has 0 atom stereocenters. The molecule has 0 aliphatic carbocycles. The Morgan fingerprint density at radius 1 is 1.39 bits per heavy atom. The van der Waals surface area contributed by atoms with Crippen LogP contribution < -0.4 is 15.5 Å². The summed E-state index contributed by atoms with van der Waals surface area (Å²) in [7, 11) is 1.85. The number of hydrogen-bond donors (Lipinski definition) is 1. The molecule has 1 aliphatic rings. The zero-order valence-corrected chi connectivity index (χ0v) is 11.1. The molecule has 0 aromatic heterocycles. The van der Waals surface area contributed by atoms with Gasteiger partial charge >= 0.3 is 0 Å². The molecule has 0 fully saturated rings. The van der Waals surface area contributed by atoms with Gasteiger partial charge in [-0.2, -0.15) is 0 Å². The van der Waals surface area contributed by atoms with Crippen molar-refractivity contribution < 1.29 is 4.79 Å². The predicted molar refractivity (Wildman–Crippen MR) is 75.1 cm³/mol. The molecule has 2 N–H and O–H groups in total. The molecule has 0 unspecified atom stereocenters. The van der Waals surface area contributed by atoms with Crippen LogP contribution in [0.2, 0.25) is 0 Å². The first-order chi connectivity index (χ1) is 8.69. The monoisotopic (exact) mass is 247 g/mol. The highest BCUT2D eigenvalue weighted by Crippen LogP contribution is 2.35. The summed E-state index contributed by atoms with van der Waals surface area (Å²) in [5.74, 6) is 0.170. The van der Waals surface area contributed by atoms with Crippen molar-refractivity contribution in [1.29, 1.82) is 0 Å². The Labute approximate surface area is 108 Å². The quantitative estimate of drug-likeness (QED) is 0.878. The lowest BCUT2D eigenvalue weighted by Gasteiger charge is -2.27. The maximum atomic E-state index is 12.0. The third kappa shape index (κ3) is 2.20. The number of nitrogens with two attached hydrogens (primary N) is 1. The Kier molecular flexibility index (Phi) is 3.87. The second-order valence-electron chi connectivity index (χ2n) is 4.62. The number of aryl methyl sites for hydroxylation is 1. The Bertz CT molecular complexity index is 445. The van der Waals surface area contributed by atoms with Crippen LogP contribution in [-0.4, -0.2) is 32.6 Å². The normalized spacial score (nSPS) is 15.6. The van der Waals surface area contributed by atoms with E-state index in [4.69, 9.17) is 5.73 Å². The highest BCUT2D eigenvalue weighted by Gasteiger charge is 2.24. The molecule has 98 valence electrons. The number of amides is 1. The molecule has 1 amide bonds. The molecule has 1 aromatic carbocycles. The summed E-state index contributed by atoms with van der Waals surface area (Å²) in [6, 6.07) is 6.17. The Morgan fingerprint density at radius 2 is 2.17 bits per heavy atom. The molecule has 0 saturated heterocycles. The van der Waals surface area contributed by atoms with Gasteiger partial charge in [-0.3, -0.25) is 4.79 Å². The number of carbonyl (C=O) groups excluding carboxylic acids is 1. The summed E-state index contributed by atoms with van der Waals surface area (Å²) in [6.07, 6.45) is 1.51. The van der Waals surface area contributed by atoms with Gasteiger partial charge in [0.1, 0.15) is 0 Å². The fraction of sp³-hybridized carbons (Fsp3) is 0.500. The number of fused-ring (bicyclic) bond motifs is 1. The summed E-state index contributed by atoms with van der Waals surface area (Å²) in [6.45, 7) is 4.30. The van der Waals surface area contributed by atoms with Crippen LogP contribution in [0.25, 0.3) is 0 Å². The van der Waals surface area contributed by atoms with Gasteiger partial charge in [-0.25, -0.2) is 0 Å². The first-order valence-corrected chi connectivity index (χ1v) is 6.52. The van der Waals surface area contributed by atoms with Crippen molar-refractivity contribution >= 4 is 17.3 Å². The van der Waals surface area contributed by atoms with Crippen molar-refractivity contribution in [3.05, 3.63) is 23.8 Å². The third-order valence-corrected chi connectivity index (χ3v) is 3.53. The second-order valence-corrected chi connectivity index (χ2v) is 4.62. The molecule has 2 rings (SSSR count). The topological polar surface area (TPSA) is 49.6 Å². The summed E-state index contributed by atoms with van der Waals surface area (Å²) in [4.78, 5) is 16.0. The smallest absolute Gasteiger partial charge is 0.228 e. The minimum Gasteiger partial charge on any atom is -0.368 e. The van der Waals surface area contributed by atoms with Crippen LogP contribution in [0, 0.1) is 0 Å². The van der Waals surface area contributed by atoms with E-state index in [1.807, 2.05) is 19.2 Å². The Balaban J connectivity index is 2.53. The van der Waals surface area contributed by atoms with Gasteiger partial charge in [-0.1, -0.05) is 19.1 Å². The van der Waals surface area contributed by atoms with Gasteiger partial charge in [0.05, 0.1) is 11.4 Å². The van der Waals surface area contributed by atoms with Crippen molar-refractivity contribution in [2.45, 2.75) is 19.8 Å². The molecule has 1 aromatic rings. The van der Waals surface area contributed by atoms with Gasteiger partial charge in [0.15, 0.2) is 0 Å². The number of anilines is 2. The van der Waals surface area contributed by atoms with Crippen molar-refractivity contribution in [3.8, 4) is 0 Å². The number of para-hydroxylation sites is 1. The van der Waals surface area contributed by atoms with E-state index >= 15 is 0 Å². The number of carbonyl (C=O) groups is 1. The van der Waals surface area contributed by atoms with Gasteiger partial charge in [0.2, 0.25) is 5.91 Å². The number of benzene rings is 1. The highest BCUT2D eigenvalue weighted by molar-refractivity contribution is 5.98. The van der Waals surface area contributed by atoms with Crippen LogP contribution in [0.3, 0.4) is 0 Å². The largest absolute Gasteiger partial charge is 0.368 e. The van der Waals surface area contributed by atoms with Crippen LogP contribution in [0.15, 0.2) is 18.2 Å². The lowest BCUT2D eigenvalue weighted by atomic mass is 10.1. The molecule has 0 bridgehead atoms. The van der Waals surface area contributed by atoms with Crippen molar-refractivity contribution in [2.24, 2.45) is 5.73 Å². The standard InChI is InChI=1S/C14H21N3O/c1-3-11-5-4-6-12-14(11)17(10-8-15)9-7-13(18)16(12)2/h4-6H,3,7-10,15H2,1-2H3. The van der Waals surface area contributed by atoms with E-state index in [9.17, 15) is 4.79 Å². The molecule has 18 heavy (non-hydrogen) atoms. The lowest BCUT2D eigenvalue weighted by Crippen LogP contribution is -2.31. The van der Waals surface area contributed by atoms with Gasteiger partial charge in [0.25, 0.3) is 0 Å². The zero-order valence-electron chi connectivity index (χ0n) is 11.1. The van der Waals surface area contributed by atoms with E-state index in [-0.39, 0.29) is 5.91 Å². The van der Waals surface area contributed by atoms with E-state index in [1.54, 1.807) is 4.90 Å². The molecule has 0 radical (unpaired) electrons. The van der Waals surface area contributed by atoms with Gasteiger partial charge in [0, 0.05) is 33.1 Å². The third-order valence-electron chi connectivity index (χ3n) is 3.53. The first kappa shape index (κ1) is 12.9. The molecule has 1 heterocycles. The summed E-state index contributed by atoms with van der Waals surface area (Å²) < 4.78 is 0. The predicted octanol–water partition coefficient (Wildman–Crippen LogP) is 1.38. The van der Waals surface area contributed by atoms with E-state index in [0.29, 0.717) is 13.0 Å². The highest BCUT2D eigenvalue weighted by atomic mass is 16.2. The van der Waals surface area contributed by atoms with Gasteiger partial charge in [-0.05, 0) is 18.1 Å². The van der Waals surface area contributed by atoms with Crippen LogP contribution in [0.5, 0.6) is 0 Å². The number of hydrogen-bond acceptors (Lipinski definition) is 3. The van der Waals surface area contributed by atoms with E-state index in [2.05, 4.69) is 17.9 Å². The molecule has 4 heteroatoms. The average molecular weight is 247 g/mol. The summed E-state index contributed by atoms with van der Waals surface area (Å²) in [5, 5.41) is 0. The maximum absolute atomic E-state index is 12.0. The second kappa shape index (κ2) is 5.40. The molecule has 0 spiro atoms. The molecule has 1 aliphatic heterocycles. The van der Waals surface area contributed by atoms with Crippen LogP contribution in [-0.2, 0) is 11.2 Å². The molecule has 0 saturated carbocycles. The Hall–Kier alpha value is -1.55. The molecular weight excluding hydrogens is 226 g/mol. The fourth-order valence-electron chi connectivity index (χ4n) is 2.52. The van der Waals surface area contributed by atoms with Gasteiger partial charge < -0.3 is 15.5 Å². The van der Waals surface area contributed by atoms with E-state index in [0.717, 1.165) is 25.2 Å². The molecule has 4 nitrogen and oxygen atoms in total. The zero-order chi connectivity index (χ0) is 13.1. The summed E-state index contributed by atoms with van der Waals surface area (Å²) >= 11 is 0. The minimum absolute atomic E-state index is 0.170. The summed E-state index contributed by atoms with van der Waals surface area (Å²) in [5.41, 5.74) is 9.15. The van der Waals surface area contributed by atoms with Gasteiger partial charge in [-0.15, -0.1) is 0 Å². The fourth-order valence-corrected chi connectivity index (χ4v) is 2.52. The van der Waals surface area contributed by atoms with Crippen LogP contribution in [0.4, 0.5) is 11.4 Å². The Morgan fingerprint density at radius 3 is 2.83 bits per heavy atom. The van der Waals surface area contributed by atoms with E-state index < -0.39 is 0 Å². The first-order valence-electron chi connectivity index (χ1n) is 6.52. The number of rotatable bonds is 3. The minimum atomic E-state index is 0.170.